The van der Waals surface area contributed by atoms with Gasteiger partial charge in [-0.25, -0.2) is 0 Å². The van der Waals surface area contributed by atoms with Crippen LogP contribution in [-0.4, -0.2) is 30.4 Å². The summed E-state index contributed by atoms with van der Waals surface area (Å²) in [6.45, 7) is 0. The molecule has 0 aliphatic carbocycles. The number of carboxylic acids is 1. The van der Waals surface area contributed by atoms with E-state index in [0.29, 0.717) is 23.5 Å². The highest BCUT2D eigenvalue weighted by atomic mass is 16.5. The summed E-state index contributed by atoms with van der Waals surface area (Å²) in [6.07, 6.45) is 0.325. The number of benzene rings is 2. The summed E-state index contributed by atoms with van der Waals surface area (Å²) in [4.78, 5) is 11.6. The first-order valence-electron chi connectivity index (χ1n) is 6.77. The Bertz CT molecular complexity index is 649. The van der Waals surface area contributed by atoms with Crippen molar-refractivity contribution in [3.63, 3.8) is 0 Å². The minimum Gasteiger partial charge on any atom is -0.508 e. The molecule has 0 aliphatic heterocycles. The van der Waals surface area contributed by atoms with Crippen LogP contribution in [0.3, 0.4) is 0 Å². The number of rotatable bonds is 6. The van der Waals surface area contributed by atoms with Gasteiger partial charge in [0.2, 0.25) is 0 Å². The van der Waals surface area contributed by atoms with Gasteiger partial charge in [0.15, 0.2) is 11.5 Å². The van der Waals surface area contributed by atoms with Crippen LogP contribution in [0, 0.1) is 0 Å². The Morgan fingerprint density at radius 3 is 2.23 bits per heavy atom. The fourth-order valence-electron chi connectivity index (χ4n) is 2.29. The largest absolute Gasteiger partial charge is 0.508 e. The molecule has 0 amide bonds. The zero-order valence-electron chi connectivity index (χ0n) is 12.4. The predicted molar refractivity (Wildman–Crippen MR) is 81.7 cm³/mol. The number of aliphatic carboxylic acids is 1. The third-order valence-corrected chi connectivity index (χ3v) is 3.48. The van der Waals surface area contributed by atoms with E-state index in [9.17, 15) is 15.0 Å². The lowest BCUT2D eigenvalue weighted by molar-refractivity contribution is -0.138. The van der Waals surface area contributed by atoms with Gasteiger partial charge in [0.1, 0.15) is 5.75 Å². The lowest BCUT2D eigenvalue weighted by Gasteiger charge is -2.15. The Kier molecular flexibility index (Phi) is 4.88. The first-order chi connectivity index (χ1) is 10.5. The molecule has 116 valence electrons. The predicted octanol–water partition coefficient (Wildman–Crippen LogP) is 2.82. The standard InChI is InChI=1S/C17H18O5/c1-21-15-8-5-12(10-16(15)22-2)14(17(19)20)9-11-3-6-13(18)7-4-11/h3-8,10,14,18H,9H2,1-2H3,(H,19,20). The molecule has 0 aromatic heterocycles. The van der Waals surface area contributed by atoms with Crippen molar-refractivity contribution in [1.82, 2.24) is 0 Å². The van der Waals surface area contributed by atoms with Crippen molar-refractivity contribution in [2.75, 3.05) is 14.2 Å². The lowest BCUT2D eigenvalue weighted by Crippen LogP contribution is -2.14. The van der Waals surface area contributed by atoms with Gasteiger partial charge in [-0.1, -0.05) is 18.2 Å². The molecule has 0 bridgehead atoms. The topological polar surface area (TPSA) is 76.0 Å². The number of hydrogen-bond acceptors (Lipinski definition) is 4. The number of carboxylic acid groups (broad SMARTS) is 1. The summed E-state index contributed by atoms with van der Waals surface area (Å²) < 4.78 is 10.4. The van der Waals surface area contributed by atoms with Crippen LogP contribution in [0.25, 0.3) is 0 Å². The lowest BCUT2D eigenvalue weighted by atomic mass is 9.92. The highest BCUT2D eigenvalue weighted by Gasteiger charge is 2.22. The summed E-state index contributed by atoms with van der Waals surface area (Å²) in [7, 11) is 3.04. The van der Waals surface area contributed by atoms with Gasteiger partial charge < -0.3 is 19.7 Å². The molecule has 2 rings (SSSR count). The Morgan fingerprint density at radius 1 is 1.05 bits per heavy atom. The van der Waals surface area contributed by atoms with Gasteiger partial charge in [-0.05, 0) is 41.8 Å². The van der Waals surface area contributed by atoms with E-state index in [2.05, 4.69) is 0 Å². The summed E-state index contributed by atoms with van der Waals surface area (Å²) in [6, 6.07) is 11.6. The van der Waals surface area contributed by atoms with Crippen molar-refractivity contribution in [2.45, 2.75) is 12.3 Å². The van der Waals surface area contributed by atoms with Crippen LogP contribution in [0.15, 0.2) is 42.5 Å². The van der Waals surface area contributed by atoms with E-state index in [4.69, 9.17) is 9.47 Å². The molecule has 0 saturated heterocycles. The maximum absolute atomic E-state index is 11.6. The van der Waals surface area contributed by atoms with E-state index in [1.54, 1.807) is 42.5 Å². The molecule has 22 heavy (non-hydrogen) atoms. The average molecular weight is 302 g/mol. The van der Waals surface area contributed by atoms with Crippen molar-refractivity contribution >= 4 is 5.97 Å². The smallest absolute Gasteiger partial charge is 0.311 e. The van der Waals surface area contributed by atoms with Crippen LogP contribution in [-0.2, 0) is 11.2 Å². The molecule has 2 aromatic carbocycles. The van der Waals surface area contributed by atoms with E-state index in [1.165, 1.54) is 14.2 Å². The summed E-state index contributed by atoms with van der Waals surface area (Å²) in [5, 5.41) is 18.8. The molecule has 0 saturated carbocycles. The molecular weight excluding hydrogens is 284 g/mol. The van der Waals surface area contributed by atoms with Crippen LogP contribution in [0.2, 0.25) is 0 Å². The molecule has 0 heterocycles. The minimum atomic E-state index is -0.916. The van der Waals surface area contributed by atoms with Gasteiger partial charge in [0, 0.05) is 0 Å². The molecule has 0 fully saturated rings. The van der Waals surface area contributed by atoms with Gasteiger partial charge in [-0.3, -0.25) is 4.79 Å². The maximum Gasteiger partial charge on any atom is 0.311 e. The Hall–Kier alpha value is -2.69. The van der Waals surface area contributed by atoms with Crippen LogP contribution in [0.4, 0.5) is 0 Å². The normalized spacial score (nSPS) is 11.7. The van der Waals surface area contributed by atoms with Crippen LogP contribution >= 0.6 is 0 Å². The van der Waals surface area contributed by atoms with Crippen molar-refractivity contribution in [1.29, 1.82) is 0 Å². The molecule has 5 nitrogen and oxygen atoms in total. The highest BCUT2D eigenvalue weighted by Crippen LogP contribution is 2.32. The van der Waals surface area contributed by atoms with Gasteiger partial charge in [-0.2, -0.15) is 0 Å². The highest BCUT2D eigenvalue weighted by molar-refractivity contribution is 5.77. The summed E-state index contributed by atoms with van der Waals surface area (Å²) >= 11 is 0. The molecule has 1 atom stereocenters. The Balaban J connectivity index is 2.31. The molecular formula is C17H18O5. The maximum atomic E-state index is 11.6. The number of ether oxygens (including phenoxy) is 2. The molecule has 5 heteroatoms. The SMILES string of the molecule is COc1ccc(C(Cc2ccc(O)cc2)C(=O)O)cc1OC. The number of phenolic OH excluding ortho intramolecular Hbond substituents is 1. The number of methoxy groups -OCH3 is 2. The van der Waals surface area contributed by atoms with Gasteiger partial charge >= 0.3 is 5.97 Å². The fourth-order valence-corrected chi connectivity index (χ4v) is 2.29. The Morgan fingerprint density at radius 2 is 1.68 bits per heavy atom. The number of phenols is 1. The van der Waals surface area contributed by atoms with Crippen molar-refractivity contribution in [2.24, 2.45) is 0 Å². The molecule has 2 aromatic rings. The molecule has 0 aliphatic rings. The van der Waals surface area contributed by atoms with Crippen LogP contribution < -0.4 is 9.47 Å². The second-order valence-corrected chi connectivity index (χ2v) is 4.88. The van der Waals surface area contributed by atoms with E-state index in [-0.39, 0.29) is 5.75 Å². The first-order valence-corrected chi connectivity index (χ1v) is 6.77. The third kappa shape index (κ3) is 3.49. The average Bonchev–Trinajstić information content (AvgIpc) is 2.53. The van der Waals surface area contributed by atoms with E-state index in [1.807, 2.05) is 0 Å². The first kappa shape index (κ1) is 15.7. The Labute approximate surface area is 128 Å². The van der Waals surface area contributed by atoms with Crippen LogP contribution in [0.1, 0.15) is 17.0 Å². The number of aromatic hydroxyl groups is 1. The summed E-state index contributed by atoms with van der Waals surface area (Å²) in [5.41, 5.74) is 1.47. The van der Waals surface area contributed by atoms with Gasteiger partial charge in [0.25, 0.3) is 0 Å². The molecule has 1 unspecified atom stereocenters. The second kappa shape index (κ2) is 6.85. The fraction of sp³-hybridized carbons (Fsp3) is 0.235. The van der Waals surface area contributed by atoms with E-state index in [0.717, 1.165) is 5.56 Å². The zero-order chi connectivity index (χ0) is 16.1. The zero-order valence-corrected chi connectivity index (χ0v) is 12.4. The minimum absolute atomic E-state index is 0.154. The monoisotopic (exact) mass is 302 g/mol. The van der Waals surface area contributed by atoms with Crippen LogP contribution in [0.5, 0.6) is 17.2 Å². The van der Waals surface area contributed by atoms with E-state index < -0.39 is 11.9 Å². The molecule has 0 radical (unpaired) electrons. The van der Waals surface area contributed by atoms with Gasteiger partial charge in [0.05, 0.1) is 20.1 Å². The third-order valence-electron chi connectivity index (χ3n) is 3.48. The number of hydrogen-bond donors (Lipinski definition) is 2. The summed E-state index contributed by atoms with van der Waals surface area (Å²) in [5.74, 6) is -0.414. The van der Waals surface area contributed by atoms with Crippen molar-refractivity contribution in [3.05, 3.63) is 53.6 Å². The quantitative estimate of drug-likeness (QED) is 0.858. The van der Waals surface area contributed by atoms with Crippen molar-refractivity contribution in [3.8, 4) is 17.2 Å². The molecule has 0 spiro atoms. The van der Waals surface area contributed by atoms with Crippen molar-refractivity contribution < 1.29 is 24.5 Å². The van der Waals surface area contributed by atoms with E-state index >= 15 is 0 Å². The second-order valence-electron chi connectivity index (χ2n) is 4.88. The van der Waals surface area contributed by atoms with Gasteiger partial charge in [-0.15, -0.1) is 0 Å². The molecule has 2 N–H and O–H groups in total. The number of carbonyl (C=O) groups is 1.